The third kappa shape index (κ3) is 1.32. The van der Waals surface area contributed by atoms with E-state index in [1.165, 1.54) is 0 Å². The minimum atomic E-state index is 0.265. The molecule has 0 spiro atoms. The average molecular weight is 228 g/mol. The molecule has 0 fully saturated rings. The zero-order chi connectivity index (χ0) is 9.30. The molecule has 0 radical (unpaired) electrons. The van der Waals surface area contributed by atoms with Crippen LogP contribution in [-0.2, 0) is 0 Å². The van der Waals surface area contributed by atoms with Crippen molar-refractivity contribution >= 4 is 21.7 Å². The van der Waals surface area contributed by atoms with Crippen LogP contribution in [0.25, 0.3) is 0 Å². The number of halogens is 1. The summed E-state index contributed by atoms with van der Waals surface area (Å²) in [5, 5.41) is 8.69. The van der Waals surface area contributed by atoms with Gasteiger partial charge in [0.15, 0.2) is 0 Å². The topological polar surface area (TPSA) is 54.7 Å². The van der Waals surface area contributed by atoms with Gasteiger partial charge in [0.05, 0.1) is 5.56 Å². The van der Waals surface area contributed by atoms with Gasteiger partial charge in [0.25, 0.3) is 0 Å². The first-order chi connectivity index (χ1) is 5.57. The third-order valence-electron chi connectivity index (χ3n) is 1.64. The van der Waals surface area contributed by atoms with E-state index >= 15 is 0 Å². The van der Waals surface area contributed by atoms with E-state index in [1.54, 1.807) is 6.07 Å². The van der Waals surface area contributed by atoms with E-state index in [4.69, 9.17) is 11.0 Å². The van der Waals surface area contributed by atoms with Crippen molar-refractivity contribution in [2.45, 2.75) is 19.9 Å². The standard InChI is InChI=1S/C8H10BrN3/c1-5(2)12-7(11)3-6(4-10)8(12)9/h3,5H,11H2,1-2H3. The Balaban J connectivity index is 3.31. The van der Waals surface area contributed by atoms with Crippen LogP contribution < -0.4 is 5.73 Å². The molecule has 0 aromatic carbocycles. The van der Waals surface area contributed by atoms with Gasteiger partial charge in [-0.05, 0) is 35.8 Å². The summed E-state index contributed by atoms with van der Waals surface area (Å²) in [5.41, 5.74) is 6.28. The lowest BCUT2D eigenvalue weighted by atomic mass is 10.4. The largest absolute Gasteiger partial charge is 0.385 e. The molecule has 1 heterocycles. The van der Waals surface area contributed by atoms with E-state index in [1.807, 2.05) is 18.4 Å². The molecule has 0 saturated heterocycles. The van der Waals surface area contributed by atoms with E-state index in [9.17, 15) is 0 Å². The minimum absolute atomic E-state index is 0.265. The first-order valence-electron chi connectivity index (χ1n) is 3.64. The zero-order valence-electron chi connectivity index (χ0n) is 7.00. The van der Waals surface area contributed by atoms with Gasteiger partial charge < -0.3 is 10.3 Å². The smallest absolute Gasteiger partial charge is 0.105 e. The number of nitriles is 1. The van der Waals surface area contributed by atoms with Crippen molar-refractivity contribution in [2.75, 3.05) is 5.73 Å². The Morgan fingerprint density at radius 3 is 2.50 bits per heavy atom. The van der Waals surface area contributed by atoms with Crippen LogP contribution in [0.2, 0.25) is 0 Å². The highest BCUT2D eigenvalue weighted by Crippen LogP contribution is 2.26. The van der Waals surface area contributed by atoms with Crippen LogP contribution in [0.1, 0.15) is 25.5 Å². The van der Waals surface area contributed by atoms with Crippen LogP contribution in [-0.4, -0.2) is 4.57 Å². The molecule has 0 aliphatic heterocycles. The minimum Gasteiger partial charge on any atom is -0.385 e. The first-order valence-corrected chi connectivity index (χ1v) is 4.43. The maximum Gasteiger partial charge on any atom is 0.105 e. The Labute approximate surface area is 79.9 Å². The molecule has 0 amide bonds. The van der Waals surface area contributed by atoms with Crippen LogP contribution in [0.15, 0.2) is 10.7 Å². The van der Waals surface area contributed by atoms with E-state index in [0.29, 0.717) is 11.4 Å². The summed E-state index contributed by atoms with van der Waals surface area (Å²) in [5.74, 6) is 0.619. The first kappa shape index (κ1) is 9.14. The molecule has 1 rings (SSSR count). The van der Waals surface area contributed by atoms with Crippen LogP contribution in [0.5, 0.6) is 0 Å². The van der Waals surface area contributed by atoms with Crippen molar-refractivity contribution in [1.29, 1.82) is 5.26 Å². The molecule has 0 aliphatic rings. The number of anilines is 1. The quantitative estimate of drug-likeness (QED) is 0.801. The van der Waals surface area contributed by atoms with Gasteiger partial charge in [-0.1, -0.05) is 0 Å². The molecule has 3 nitrogen and oxygen atoms in total. The van der Waals surface area contributed by atoms with Crippen LogP contribution >= 0.6 is 15.9 Å². The van der Waals surface area contributed by atoms with Gasteiger partial charge in [-0.25, -0.2) is 0 Å². The molecule has 0 bridgehead atoms. The van der Waals surface area contributed by atoms with Gasteiger partial charge >= 0.3 is 0 Å². The maximum absolute atomic E-state index is 8.69. The summed E-state index contributed by atoms with van der Waals surface area (Å²) >= 11 is 3.32. The molecule has 0 saturated carbocycles. The Bertz CT molecular complexity index is 333. The molecule has 12 heavy (non-hydrogen) atoms. The van der Waals surface area contributed by atoms with Gasteiger partial charge in [-0.15, -0.1) is 0 Å². The molecule has 1 aromatic heterocycles. The van der Waals surface area contributed by atoms with E-state index in [0.717, 1.165) is 4.60 Å². The lowest BCUT2D eigenvalue weighted by molar-refractivity contribution is 0.600. The normalized spacial score (nSPS) is 10.2. The fourth-order valence-electron chi connectivity index (χ4n) is 1.12. The van der Waals surface area contributed by atoms with E-state index in [2.05, 4.69) is 22.0 Å². The number of nitrogens with two attached hydrogens (primary N) is 1. The number of rotatable bonds is 1. The van der Waals surface area contributed by atoms with Gasteiger partial charge in [0, 0.05) is 6.04 Å². The molecule has 4 heteroatoms. The highest BCUT2D eigenvalue weighted by atomic mass is 79.9. The van der Waals surface area contributed by atoms with Crippen molar-refractivity contribution in [3.05, 3.63) is 16.2 Å². The fraction of sp³-hybridized carbons (Fsp3) is 0.375. The SMILES string of the molecule is CC(C)n1c(N)cc(C#N)c1Br. The number of hydrogen-bond donors (Lipinski definition) is 1. The third-order valence-corrected chi connectivity index (χ3v) is 2.45. The summed E-state index contributed by atoms with van der Waals surface area (Å²) in [6.45, 7) is 4.03. The highest BCUT2D eigenvalue weighted by molar-refractivity contribution is 9.10. The second kappa shape index (κ2) is 3.20. The predicted octanol–water partition coefficient (Wildman–Crippen LogP) is 2.29. The average Bonchev–Trinajstić information content (AvgIpc) is 2.25. The number of nitrogen functional groups attached to an aromatic ring is 1. The zero-order valence-corrected chi connectivity index (χ0v) is 8.59. The maximum atomic E-state index is 8.69. The molecule has 1 aromatic rings. The molecule has 2 N–H and O–H groups in total. The van der Waals surface area contributed by atoms with E-state index < -0.39 is 0 Å². The second-order valence-corrected chi connectivity index (χ2v) is 3.60. The number of hydrogen-bond acceptors (Lipinski definition) is 2. The lowest BCUT2D eigenvalue weighted by Crippen LogP contribution is -2.04. The van der Waals surface area contributed by atoms with Crippen LogP contribution in [0.4, 0.5) is 5.82 Å². The van der Waals surface area contributed by atoms with Gasteiger partial charge in [-0.2, -0.15) is 5.26 Å². The summed E-state index contributed by atoms with van der Waals surface area (Å²) < 4.78 is 2.64. The van der Waals surface area contributed by atoms with Crippen molar-refractivity contribution < 1.29 is 0 Å². The molecule has 0 atom stereocenters. The molecule has 0 unspecified atom stereocenters. The molecular formula is C8H10BrN3. The van der Waals surface area contributed by atoms with Crippen molar-refractivity contribution in [3.63, 3.8) is 0 Å². The Hall–Kier alpha value is -0.950. The van der Waals surface area contributed by atoms with Gasteiger partial charge in [-0.3, -0.25) is 0 Å². The van der Waals surface area contributed by atoms with Crippen molar-refractivity contribution in [3.8, 4) is 6.07 Å². The van der Waals surface area contributed by atoms with Crippen molar-refractivity contribution in [1.82, 2.24) is 4.57 Å². The van der Waals surface area contributed by atoms with Crippen molar-refractivity contribution in [2.24, 2.45) is 0 Å². The lowest BCUT2D eigenvalue weighted by Gasteiger charge is -2.11. The highest BCUT2D eigenvalue weighted by Gasteiger charge is 2.12. The predicted molar refractivity (Wildman–Crippen MR) is 51.6 cm³/mol. The number of aromatic nitrogens is 1. The molecule has 0 aliphatic carbocycles. The number of nitrogens with zero attached hydrogens (tertiary/aromatic N) is 2. The monoisotopic (exact) mass is 227 g/mol. The summed E-state index contributed by atoms with van der Waals surface area (Å²) in [7, 11) is 0. The summed E-state index contributed by atoms with van der Waals surface area (Å²) in [6.07, 6.45) is 0. The molecular weight excluding hydrogens is 218 g/mol. The Morgan fingerprint density at radius 1 is 1.67 bits per heavy atom. The molecule has 64 valence electrons. The van der Waals surface area contributed by atoms with Crippen LogP contribution in [0.3, 0.4) is 0 Å². The summed E-state index contributed by atoms with van der Waals surface area (Å²) in [6, 6.07) is 4.00. The van der Waals surface area contributed by atoms with E-state index in [-0.39, 0.29) is 6.04 Å². The Kier molecular flexibility index (Phi) is 2.43. The van der Waals surface area contributed by atoms with Crippen LogP contribution in [0, 0.1) is 11.3 Å². The fourth-order valence-corrected chi connectivity index (χ4v) is 1.94. The van der Waals surface area contributed by atoms with Gasteiger partial charge in [0.1, 0.15) is 16.5 Å². The second-order valence-electron chi connectivity index (χ2n) is 2.85. The Morgan fingerprint density at radius 2 is 2.25 bits per heavy atom. The summed E-state index contributed by atoms with van der Waals surface area (Å²) in [4.78, 5) is 0. The van der Waals surface area contributed by atoms with Gasteiger partial charge in [0.2, 0.25) is 0 Å².